The number of hydrogen-bond acceptors (Lipinski definition) is 2. The van der Waals surface area contributed by atoms with Crippen LogP contribution >= 0.6 is 23.2 Å². The molecule has 0 radical (unpaired) electrons. The van der Waals surface area contributed by atoms with Gasteiger partial charge in [0.1, 0.15) is 0 Å². The molecule has 6 heteroatoms. The van der Waals surface area contributed by atoms with Gasteiger partial charge in [0, 0.05) is 6.20 Å². The Bertz CT molecular complexity index is 626. The van der Waals surface area contributed by atoms with Gasteiger partial charge in [-0.2, -0.15) is 0 Å². The molecule has 0 aliphatic carbocycles. The number of amides is 1. The Labute approximate surface area is 119 Å². The highest BCUT2D eigenvalue weighted by Gasteiger charge is 2.16. The van der Waals surface area contributed by atoms with Crippen LogP contribution < -0.4 is 5.32 Å². The zero-order chi connectivity index (χ0) is 14.0. The molecule has 1 amide bonds. The summed E-state index contributed by atoms with van der Waals surface area (Å²) in [6.45, 7) is 1.76. The van der Waals surface area contributed by atoms with E-state index in [-0.39, 0.29) is 15.7 Å². The van der Waals surface area contributed by atoms with Crippen molar-refractivity contribution in [3.05, 3.63) is 57.6 Å². The molecule has 0 aliphatic rings. The van der Waals surface area contributed by atoms with Crippen molar-refractivity contribution in [2.45, 2.75) is 6.92 Å². The van der Waals surface area contributed by atoms with Crippen molar-refractivity contribution in [1.29, 1.82) is 0 Å². The van der Waals surface area contributed by atoms with Crippen molar-refractivity contribution in [3.8, 4) is 0 Å². The maximum Gasteiger partial charge on any atom is 0.258 e. The lowest BCUT2D eigenvalue weighted by atomic mass is 10.2. The molecule has 2 rings (SSSR count). The first-order valence-corrected chi connectivity index (χ1v) is 6.12. The summed E-state index contributed by atoms with van der Waals surface area (Å²) in [5.74, 6) is -1.39. The number of pyridine rings is 1. The summed E-state index contributed by atoms with van der Waals surface area (Å²) >= 11 is 11.5. The zero-order valence-electron chi connectivity index (χ0n) is 9.88. The number of carbonyl (C=O) groups is 1. The molecule has 0 aliphatic heterocycles. The van der Waals surface area contributed by atoms with Crippen LogP contribution in [0, 0.1) is 12.7 Å². The Hall–Kier alpha value is -1.65. The molecule has 0 saturated heterocycles. The molecule has 0 bridgehead atoms. The van der Waals surface area contributed by atoms with E-state index in [0.717, 1.165) is 5.56 Å². The SMILES string of the molecule is Cc1ccnc(Cl)c1NC(=O)c1cccc(Cl)c1F. The maximum absolute atomic E-state index is 13.7. The molecule has 1 aromatic carbocycles. The number of carbonyl (C=O) groups excluding carboxylic acids is 1. The summed E-state index contributed by atoms with van der Waals surface area (Å²) in [6.07, 6.45) is 1.52. The Morgan fingerprint density at radius 1 is 1.32 bits per heavy atom. The van der Waals surface area contributed by atoms with Crippen LogP contribution in [0.1, 0.15) is 15.9 Å². The molecule has 1 aromatic heterocycles. The summed E-state index contributed by atoms with van der Waals surface area (Å²) in [5, 5.41) is 2.57. The second-order valence-corrected chi connectivity index (χ2v) is 4.61. The Morgan fingerprint density at radius 2 is 2.05 bits per heavy atom. The molecule has 0 spiro atoms. The van der Waals surface area contributed by atoms with Gasteiger partial charge in [0.15, 0.2) is 11.0 Å². The molecule has 0 fully saturated rings. The number of halogens is 3. The van der Waals surface area contributed by atoms with Crippen molar-refractivity contribution in [3.63, 3.8) is 0 Å². The third-order valence-electron chi connectivity index (χ3n) is 2.55. The Balaban J connectivity index is 2.34. The van der Waals surface area contributed by atoms with E-state index in [2.05, 4.69) is 10.3 Å². The smallest absolute Gasteiger partial charge is 0.258 e. The van der Waals surface area contributed by atoms with Crippen LogP contribution in [0.25, 0.3) is 0 Å². The second-order valence-electron chi connectivity index (χ2n) is 3.85. The lowest BCUT2D eigenvalue weighted by Crippen LogP contribution is -2.15. The minimum atomic E-state index is -0.765. The molecule has 1 N–H and O–H groups in total. The number of nitrogens with zero attached hydrogens (tertiary/aromatic N) is 1. The van der Waals surface area contributed by atoms with Gasteiger partial charge in [-0.05, 0) is 30.7 Å². The molecule has 0 saturated carbocycles. The highest BCUT2D eigenvalue weighted by atomic mass is 35.5. The fraction of sp³-hybridized carbons (Fsp3) is 0.0769. The van der Waals surface area contributed by atoms with Gasteiger partial charge >= 0.3 is 0 Å². The van der Waals surface area contributed by atoms with Gasteiger partial charge in [-0.25, -0.2) is 9.37 Å². The van der Waals surface area contributed by atoms with Crippen LogP contribution in [0.15, 0.2) is 30.5 Å². The van der Waals surface area contributed by atoms with Gasteiger partial charge in [0.2, 0.25) is 0 Å². The van der Waals surface area contributed by atoms with Crippen LogP contribution in [-0.2, 0) is 0 Å². The van der Waals surface area contributed by atoms with Gasteiger partial charge in [0.25, 0.3) is 5.91 Å². The fourth-order valence-corrected chi connectivity index (χ4v) is 1.96. The predicted molar refractivity (Wildman–Crippen MR) is 73.3 cm³/mol. The van der Waals surface area contributed by atoms with E-state index >= 15 is 0 Å². The van der Waals surface area contributed by atoms with E-state index in [9.17, 15) is 9.18 Å². The molecule has 3 nitrogen and oxygen atoms in total. The molecule has 0 unspecified atom stereocenters. The van der Waals surface area contributed by atoms with Crippen molar-refractivity contribution >= 4 is 34.8 Å². The van der Waals surface area contributed by atoms with Gasteiger partial charge in [-0.15, -0.1) is 0 Å². The van der Waals surface area contributed by atoms with Gasteiger partial charge in [-0.3, -0.25) is 4.79 Å². The molecule has 98 valence electrons. The number of aryl methyl sites for hydroxylation is 1. The lowest BCUT2D eigenvalue weighted by molar-refractivity contribution is 0.102. The first-order chi connectivity index (χ1) is 9.00. The average Bonchev–Trinajstić information content (AvgIpc) is 2.37. The number of anilines is 1. The number of hydrogen-bond donors (Lipinski definition) is 1. The summed E-state index contributed by atoms with van der Waals surface area (Å²) in [4.78, 5) is 15.9. The zero-order valence-corrected chi connectivity index (χ0v) is 11.4. The normalized spacial score (nSPS) is 10.3. The first kappa shape index (κ1) is 13.8. The van der Waals surface area contributed by atoms with Gasteiger partial charge in [0.05, 0.1) is 16.3 Å². The average molecular weight is 299 g/mol. The van der Waals surface area contributed by atoms with Crippen LogP contribution in [0.4, 0.5) is 10.1 Å². The number of benzene rings is 1. The Morgan fingerprint density at radius 3 is 2.74 bits per heavy atom. The molecule has 2 aromatic rings. The van der Waals surface area contributed by atoms with Crippen LogP contribution in [-0.4, -0.2) is 10.9 Å². The highest BCUT2D eigenvalue weighted by Crippen LogP contribution is 2.24. The van der Waals surface area contributed by atoms with Crippen LogP contribution in [0.3, 0.4) is 0 Å². The molecular weight excluding hydrogens is 290 g/mol. The Kier molecular flexibility index (Phi) is 4.02. The molecule has 1 heterocycles. The molecule has 19 heavy (non-hydrogen) atoms. The highest BCUT2D eigenvalue weighted by molar-refractivity contribution is 6.33. The fourth-order valence-electron chi connectivity index (χ4n) is 1.54. The minimum absolute atomic E-state index is 0.110. The maximum atomic E-state index is 13.7. The monoisotopic (exact) mass is 298 g/mol. The first-order valence-electron chi connectivity index (χ1n) is 5.37. The quantitative estimate of drug-likeness (QED) is 0.849. The van der Waals surface area contributed by atoms with E-state index in [1.807, 2.05) is 0 Å². The van der Waals surface area contributed by atoms with E-state index in [1.165, 1.54) is 24.4 Å². The lowest BCUT2D eigenvalue weighted by Gasteiger charge is -2.10. The topological polar surface area (TPSA) is 42.0 Å². The predicted octanol–water partition coefficient (Wildman–Crippen LogP) is 4.09. The largest absolute Gasteiger partial charge is 0.319 e. The van der Waals surface area contributed by atoms with Gasteiger partial charge in [-0.1, -0.05) is 29.3 Å². The van der Waals surface area contributed by atoms with E-state index < -0.39 is 11.7 Å². The number of aromatic nitrogens is 1. The third-order valence-corrected chi connectivity index (χ3v) is 3.13. The van der Waals surface area contributed by atoms with E-state index in [4.69, 9.17) is 23.2 Å². The van der Waals surface area contributed by atoms with Crippen molar-refractivity contribution in [2.24, 2.45) is 0 Å². The van der Waals surface area contributed by atoms with E-state index in [1.54, 1.807) is 13.0 Å². The standard InChI is InChI=1S/C13H9Cl2FN2O/c1-7-5-6-17-12(15)11(7)18-13(19)8-3-2-4-9(14)10(8)16/h2-6H,1H3,(H,18,19). The van der Waals surface area contributed by atoms with Crippen molar-refractivity contribution in [1.82, 2.24) is 4.98 Å². The third kappa shape index (κ3) is 2.85. The second kappa shape index (κ2) is 5.55. The van der Waals surface area contributed by atoms with Crippen LogP contribution in [0.5, 0.6) is 0 Å². The molecular formula is C13H9Cl2FN2O. The van der Waals surface area contributed by atoms with Crippen molar-refractivity contribution < 1.29 is 9.18 Å². The summed E-state index contributed by atoms with van der Waals surface area (Å²) in [7, 11) is 0. The summed E-state index contributed by atoms with van der Waals surface area (Å²) in [6, 6.07) is 5.90. The minimum Gasteiger partial charge on any atom is -0.319 e. The van der Waals surface area contributed by atoms with Crippen molar-refractivity contribution in [2.75, 3.05) is 5.32 Å². The van der Waals surface area contributed by atoms with E-state index in [0.29, 0.717) is 5.69 Å². The number of nitrogens with one attached hydrogen (secondary N) is 1. The molecule has 0 atom stereocenters. The summed E-state index contributed by atoms with van der Waals surface area (Å²) < 4.78 is 13.7. The number of rotatable bonds is 2. The van der Waals surface area contributed by atoms with Crippen LogP contribution in [0.2, 0.25) is 10.2 Å². The van der Waals surface area contributed by atoms with Gasteiger partial charge < -0.3 is 5.32 Å². The summed E-state index contributed by atoms with van der Waals surface area (Å²) in [5.41, 5.74) is 0.941.